The molecule has 0 aliphatic heterocycles. The molecule has 3 heteroatoms. The van der Waals surface area contributed by atoms with Gasteiger partial charge in [-0.15, -0.1) is 0 Å². The maximum Gasteiger partial charge on any atom is 0.0710 e. The Hall–Kier alpha value is -1.06. The summed E-state index contributed by atoms with van der Waals surface area (Å²) in [6.45, 7) is 6.85. The van der Waals surface area contributed by atoms with Crippen LogP contribution in [0.15, 0.2) is 24.3 Å². The SMILES string of the molecule is CCN(CCC(CN)OC)c1ccc(C)cc1. The Bertz CT molecular complexity index is 307. The minimum absolute atomic E-state index is 0.162. The smallest absolute Gasteiger partial charge is 0.0710 e. The van der Waals surface area contributed by atoms with E-state index in [1.54, 1.807) is 7.11 Å². The van der Waals surface area contributed by atoms with Crippen LogP contribution in [0.5, 0.6) is 0 Å². The van der Waals surface area contributed by atoms with Gasteiger partial charge in [-0.3, -0.25) is 0 Å². The second kappa shape index (κ2) is 7.30. The summed E-state index contributed by atoms with van der Waals surface area (Å²) in [7, 11) is 1.72. The third-order valence-electron chi connectivity index (χ3n) is 3.10. The molecule has 0 amide bonds. The van der Waals surface area contributed by atoms with Crippen molar-refractivity contribution in [2.24, 2.45) is 5.73 Å². The minimum atomic E-state index is 0.162. The van der Waals surface area contributed by atoms with Crippen LogP contribution in [0.25, 0.3) is 0 Å². The molecule has 1 aromatic carbocycles. The highest BCUT2D eigenvalue weighted by atomic mass is 16.5. The molecule has 1 unspecified atom stereocenters. The number of nitrogens with two attached hydrogens (primary N) is 1. The summed E-state index contributed by atoms with van der Waals surface area (Å²) in [5.41, 5.74) is 8.19. The van der Waals surface area contributed by atoms with Crippen LogP contribution >= 0.6 is 0 Å². The molecule has 1 rings (SSSR count). The molecular formula is C14H24N2O. The van der Waals surface area contributed by atoms with Crippen LogP contribution in [0.4, 0.5) is 5.69 Å². The molecule has 96 valence electrons. The first-order chi connectivity index (χ1) is 8.21. The summed E-state index contributed by atoms with van der Waals surface area (Å²) in [5.74, 6) is 0. The fourth-order valence-electron chi connectivity index (χ4n) is 1.86. The van der Waals surface area contributed by atoms with Gasteiger partial charge in [0.2, 0.25) is 0 Å². The average Bonchev–Trinajstić information content (AvgIpc) is 2.36. The predicted molar refractivity (Wildman–Crippen MR) is 73.5 cm³/mol. The van der Waals surface area contributed by atoms with E-state index in [9.17, 15) is 0 Å². The molecule has 17 heavy (non-hydrogen) atoms. The lowest BCUT2D eigenvalue weighted by molar-refractivity contribution is 0.104. The van der Waals surface area contributed by atoms with Crippen LogP contribution in [0.2, 0.25) is 0 Å². The van der Waals surface area contributed by atoms with E-state index in [-0.39, 0.29) is 6.10 Å². The number of ether oxygens (including phenoxy) is 1. The lowest BCUT2D eigenvalue weighted by Gasteiger charge is -2.25. The van der Waals surface area contributed by atoms with Gasteiger partial charge in [0, 0.05) is 32.4 Å². The molecular weight excluding hydrogens is 212 g/mol. The molecule has 1 aromatic rings. The highest BCUT2D eigenvalue weighted by molar-refractivity contribution is 5.47. The molecule has 0 radical (unpaired) electrons. The van der Waals surface area contributed by atoms with Crippen molar-refractivity contribution in [3.63, 3.8) is 0 Å². The van der Waals surface area contributed by atoms with Crippen molar-refractivity contribution in [3.05, 3.63) is 29.8 Å². The zero-order chi connectivity index (χ0) is 12.7. The molecule has 2 N–H and O–H groups in total. The number of nitrogens with zero attached hydrogens (tertiary/aromatic N) is 1. The Balaban J connectivity index is 2.56. The summed E-state index contributed by atoms with van der Waals surface area (Å²) in [5, 5.41) is 0. The van der Waals surface area contributed by atoms with Crippen molar-refractivity contribution >= 4 is 5.69 Å². The van der Waals surface area contributed by atoms with Crippen molar-refractivity contribution in [2.75, 3.05) is 31.6 Å². The van der Waals surface area contributed by atoms with Crippen molar-refractivity contribution in [1.29, 1.82) is 0 Å². The molecule has 0 aliphatic rings. The number of benzene rings is 1. The first kappa shape index (κ1) is 14.0. The number of anilines is 1. The average molecular weight is 236 g/mol. The van der Waals surface area contributed by atoms with E-state index in [1.807, 2.05) is 0 Å². The zero-order valence-corrected chi connectivity index (χ0v) is 11.1. The fraction of sp³-hybridized carbons (Fsp3) is 0.571. The maximum atomic E-state index is 5.63. The molecule has 0 saturated heterocycles. The first-order valence-corrected chi connectivity index (χ1v) is 6.25. The van der Waals surface area contributed by atoms with Gasteiger partial charge in [-0.2, -0.15) is 0 Å². The summed E-state index contributed by atoms with van der Waals surface area (Å²) in [6, 6.07) is 8.63. The molecule has 3 nitrogen and oxygen atoms in total. The van der Waals surface area contributed by atoms with Crippen LogP contribution in [-0.4, -0.2) is 32.8 Å². The van der Waals surface area contributed by atoms with E-state index in [2.05, 4.69) is 43.0 Å². The predicted octanol–water partition coefficient (Wildman–Crippen LogP) is 2.19. The van der Waals surface area contributed by atoms with Crippen LogP contribution < -0.4 is 10.6 Å². The lowest BCUT2D eigenvalue weighted by atomic mass is 10.2. The number of methoxy groups -OCH3 is 1. The highest BCUT2D eigenvalue weighted by Crippen LogP contribution is 2.15. The molecule has 0 fully saturated rings. The largest absolute Gasteiger partial charge is 0.380 e. The second-order valence-electron chi connectivity index (χ2n) is 4.30. The summed E-state index contributed by atoms with van der Waals surface area (Å²) in [4.78, 5) is 2.35. The van der Waals surface area contributed by atoms with E-state index >= 15 is 0 Å². The zero-order valence-electron chi connectivity index (χ0n) is 11.1. The van der Waals surface area contributed by atoms with Crippen molar-refractivity contribution < 1.29 is 4.74 Å². The lowest BCUT2D eigenvalue weighted by Crippen LogP contribution is -2.31. The van der Waals surface area contributed by atoms with Crippen molar-refractivity contribution in [3.8, 4) is 0 Å². The Morgan fingerprint density at radius 3 is 2.41 bits per heavy atom. The van der Waals surface area contributed by atoms with Gasteiger partial charge >= 0.3 is 0 Å². The Kier molecular flexibility index (Phi) is 6.01. The van der Waals surface area contributed by atoms with E-state index in [4.69, 9.17) is 10.5 Å². The molecule has 1 atom stereocenters. The van der Waals surface area contributed by atoms with Gasteiger partial charge in [0.15, 0.2) is 0 Å². The molecule has 0 aromatic heterocycles. The summed E-state index contributed by atoms with van der Waals surface area (Å²) < 4.78 is 5.30. The van der Waals surface area contributed by atoms with Gasteiger partial charge in [-0.05, 0) is 32.4 Å². The highest BCUT2D eigenvalue weighted by Gasteiger charge is 2.09. The molecule has 0 aliphatic carbocycles. The Morgan fingerprint density at radius 2 is 1.94 bits per heavy atom. The fourth-order valence-corrected chi connectivity index (χ4v) is 1.86. The van der Waals surface area contributed by atoms with Gasteiger partial charge in [0.1, 0.15) is 0 Å². The summed E-state index contributed by atoms with van der Waals surface area (Å²) in [6.07, 6.45) is 1.13. The first-order valence-electron chi connectivity index (χ1n) is 6.25. The molecule has 0 heterocycles. The quantitative estimate of drug-likeness (QED) is 0.788. The third kappa shape index (κ3) is 4.36. The van der Waals surface area contributed by atoms with Crippen LogP contribution in [-0.2, 0) is 4.74 Å². The Morgan fingerprint density at radius 1 is 1.29 bits per heavy atom. The van der Waals surface area contributed by atoms with E-state index < -0.39 is 0 Å². The van der Waals surface area contributed by atoms with Gasteiger partial charge < -0.3 is 15.4 Å². The van der Waals surface area contributed by atoms with Crippen LogP contribution in [0, 0.1) is 6.92 Å². The number of rotatable bonds is 7. The van der Waals surface area contributed by atoms with E-state index in [0.717, 1.165) is 19.5 Å². The standard InChI is InChI=1S/C14H24N2O/c1-4-16(10-9-14(11-15)17-3)13-7-5-12(2)6-8-13/h5-8,14H,4,9-11,15H2,1-3H3. The van der Waals surface area contributed by atoms with Crippen molar-refractivity contribution in [1.82, 2.24) is 0 Å². The number of aryl methyl sites for hydroxylation is 1. The summed E-state index contributed by atoms with van der Waals surface area (Å²) >= 11 is 0. The van der Waals surface area contributed by atoms with Crippen LogP contribution in [0.1, 0.15) is 18.9 Å². The number of hydrogen-bond donors (Lipinski definition) is 1. The minimum Gasteiger partial charge on any atom is -0.380 e. The topological polar surface area (TPSA) is 38.5 Å². The van der Waals surface area contributed by atoms with E-state index in [1.165, 1.54) is 11.3 Å². The molecule has 0 spiro atoms. The maximum absolute atomic E-state index is 5.63. The monoisotopic (exact) mass is 236 g/mol. The van der Waals surface area contributed by atoms with Gasteiger partial charge in [0.25, 0.3) is 0 Å². The van der Waals surface area contributed by atoms with Crippen LogP contribution in [0.3, 0.4) is 0 Å². The normalized spacial score (nSPS) is 12.5. The Labute approximate surface area is 105 Å². The van der Waals surface area contributed by atoms with E-state index in [0.29, 0.717) is 6.54 Å². The molecule has 0 saturated carbocycles. The van der Waals surface area contributed by atoms with Crippen molar-refractivity contribution in [2.45, 2.75) is 26.4 Å². The van der Waals surface area contributed by atoms with Gasteiger partial charge in [-0.1, -0.05) is 17.7 Å². The number of hydrogen-bond acceptors (Lipinski definition) is 3. The van der Waals surface area contributed by atoms with Gasteiger partial charge in [-0.25, -0.2) is 0 Å². The second-order valence-corrected chi connectivity index (χ2v) is 4.30. The third-order valence-corrected chi connectivity index (χ3v) is 3.10. The van der Waals surface area contributed by atoms with Gasteiger partial charge in [0.05, 0.1) is 6.10 Å². The molecule has 0 bridgehead atoms.